The van der Waals surface area contributed by atoms with Gasteiger partial charge in [0.15, 0.2) is 0 Å². The average Bonchev–Trinajstić information content (AvgIpc) is 3.14. The largest absolute Gasteiger partial charge is 0.307 e. The number of hydrogen-bond donors (Lipinski definition) is 1. The number of carbonyl (C=O) groups is 3. The van der Waals surface area contributed by atoms with Gasteiger partial charge >= 0.3 is 0 Å². The van der Waals surface area contributed by atoms with Crippen molar-refractivity contribution in [3.8, 4) is 0 Å². The minimum Gasteiger partial charge on any atom is -0.307 e. The van der Waals surface area contributed by atoms with Crippen LogP contribution in [0.15, 0.2) is 48.5 Å². The van der Waals surface area contributed by atoms with Gasteiger partial charge in [0.05, 0.1) is 5.92 Å². The monoisotopic (exact) mass is 348 g/mol. The summed E-state index contributed by atoms with van der Waals surface area (Å²) in [6.45, 7) is 2.81. The van der Waals surface area contributed by atoms with E-state index in [1.165, 1.54) is 5.56 Å². The number of para-hydroxylation sites is 1. The van der Waals surface area contributed by atoms with Gasteiger partial charge in [-0.3, -0.25) is 19.7 Å². The number of nitrogens with zero attached hydrogens (tertiary/aromatic N) is 1. The Morgan fingerprint density at radius 1 is 1.12 bits per heavy atom. The van der Waals surface area contributed by atoms with Crippen LogP contribution in [0.4, 0.5) is 5.69 Å². The molecule has 0 spiro atoms. The predicted molar refractivity (Wildman–Crippen MR) is 97.9 cm³/mol. The van der Waals surface area contributed by atoms with Crippen molar-refractivity contribution < 1.29 is 14.4 Å². The van der Waals surface area contributed by atoms with Crippen LogP contribution in [0.3, 0.4) is 0 Å². The molecule has 1 fully saturated rings. The molecule has 2 aromatic rings. The highest BCUT2D eigenvalue weighted by molar-refractivity contribution is 6.07. The number of carbonyl (C=O) groups excluding carboxylic acids is 3. The zero-order chi connectivity index (χ0) is 18.3. The number of amides is 3. The summed E-state index contributed by atoms with van der Waals surface area (Å²) in [7, 11) is 0. The molecule has 1 saturated heterocycles. The van der Waals surface area contributed by atoms with E-state index in [2.05, 4.69) is 18.3 Å². The molecule has 132 valence electrons. The van der Waals surface area contributed by atoms with Gasteiger partial charge in [-0.15, -0.1) is 0 Å². The van der Waals surface area contributed by atoms with Crippen LogP contribution in [-0.2, 0) is 16.0 Å². The first kappa shape index (κ1) is 16.5. The van der Waals surface area contributed by atoms with Crippen LogP contribution in [-0.4, -0.2) is 24.3 Å². The van der Waals surface area contributed by atoms with E-state index in [4.69, 9.17) is 0 Å². The molecule has 0 radical (unpaired) electrons. The first-order valence-electron chi connectivity index (χ1n) is 8.86. The third-order valence-electron chi connectivity index (χ3n) is 5.21. The Morgan fingerprint density at radius 2 is 1.85 bits per heavy atom. The fourth-order valence-corrected chi connectivity index (χ4v) is 3.81. The SMILES string of the molecule is CC1CN(C(=O)c2ccc(CC3CC(=O)NC3=O)cc2)c2ccccc21. The Balaban J connectivity index is 1.50. The molecule has 2 atom stereocenters. The van der Waals surface area contributed by atoms with Crippen LogP contribution in [0.2, 0.25) is 0 Å². The van der Waals surface area contributed by atoms with Gasteiger partial charge in [-0.1, -0.05) is 37.3 Å². The Morgan fingerprint density at radius 3 is 2.54 bits per heavy atom. The van der Waals surface area contributed by atoms with Crippen molar-refractivity contribution in [2.24, 2.45) is 5.92 Å². The predicted octanol–water partition coefficient (Wildman–Crippen LogP) is 2.66. The number of imide groups is 1. The molecule has 0 bridgehead atoms. The maximum absolute atomic E-state index is 12.9. The van der Waals surface area contributed by atoms with Crippen LogP contribution in [0.5, 0.6) is 0 Å². The van der Waals surface area contributed by atoms with Gasteiger partial charge in [-0.05, 0) is 35.7 Å². The quantitative estimate of drug-likeness (QED) is 0.867. The summed E-state index contributed by atoms with van der Waals surface area (Å²) < 4.78 is 0. The first-order valence-corrected chi connectivity index (χ1v) is 8.86. The summed E-state index contributed by atoms with van der Waals surface area (Å²) in [6, 6.07) is 15.4. The van der Waals surface area contributed by atoms with Gasteiger partial charge in [-0.2, -0.15) is 0 Å². The van der Waals surface area contributed by atoms with Crippen molar-refractivity contribution in [1.29, 1.82) is 0 Å². The van der Waals surface area contributed by atoms with E-state index >= 15 is 0 Å². The molecular formula is C21H20N2O3. The highest BCUT2D eigenvalue weighted by atomic mass is 16.2. The summed E-state index contributed by atoms with van der Waals surface area (Å²) in [5.74, 6) is -0.420. The van der Waals surface area contributed by atoms with Gasteiger partial charge in [0.25, 0.3) is 5.91 Å². The number of anilines is 1. The lowest BCUT2D eigenvalue weighted by Gasteiger charge is -2.18. The lowest BCUT2D eigenvalue weighted by molar-refractivity contribution is -0.125. The summed E-state index contributed by atoms with van der Waals surface area (Å²) >= 11 is 0. The Labute approximate surface area is 152 Å². The highest BCUT2D eigenvalue weighted by Crippen LogP contribution is 2.36. The topological polar surface area (TPSA) is 66.5 Å². The van der Waals surface area contributed by atoms with Gasteiger partial charge in [0, 0.05) is 30.1 Å². The van der Waals surface area contributed by atoms with Gasteiger partial charge < -0.3 is 4.90 Å². The maximum atomic E-state index is 12.9. The van der Waals surface area contributed by atoms with Crippen molar-refractivity contribution in [2.45, 2.75) is 25.7 Å². The molecule has 3 amide bonds. The third-order valence-corrected chi connectivity index (χ3v) is 5.21. The van der Waals surface area contributed by atoms with Crippen LogP contribution in [0.1, 0.15) is 40.7 Å². The second-order valence-corrected chi connectivity index (χ2v) is 7.09. The van der Waals surface area contributed by atoms with E-state index in [-0.39, 0.29) is 30.1 Å². The number of fused-ring (bicyclic) bond motifs is 1. The Kier molecular flexibility index (Phi) is 4.07. The number of benzene rings is 2. The molecule has 0 saturated carbocycles. The second kappa shape index (κ2) is 6.41. The van der Waals surface area contributed by atoms with E-state index in [1.807, 2.05) is 35.2 Å². The molecule has 5 nitrogen and oxygen atoms in total. The number of nitrogens with one attached hydrogen (secondary N) is 1. The molecule has 1 N–H and O–H groups in total. The van der Waals surface area contributed by atoms with Crippen molar-refractivity contribution in [3.05, 3.63) is 65.2 Å². The van der Waals surface area contributed by atoms with Crippen LogP contribution < -0.4 is 10.2 Å². The standard InChI is InChI=1S/C21H20N2O3/c1-13-12-23(18-5-3-2-4-17(13)18)21(26)15-8-6-14(7-9-15)10-16-11-19(24)22-20(16)25/h2-9,13,16H,10-12H2,1H3,(H,22,24,25). The normalized spacial score (nSPS) is 21.7. The lowest BCUT2D eigenvalue weighted by Crippen LogP contribution is -2.29. The summed E-state index contributed by atoms with van der Waals surface area (Å²) in [4.78, 5) is 37.7. The zero-order valence-electron chi connectivity index (χ0n) is 14.6. The van der Waals surface area contributed by atoms with E-state index in [0.717, 1.165) is 11.3 Å². The number of hydrogen-bond acceptors (Lipinski definition) is 3. The molecule has 5 heteroatoms. The summed E-state index contributed by atoms with van der Waals surface area (Å²) in [6.07, 6.45) is 0.748. The summed E-state index contributed by atoms with van der Waals surface area (Å²) in [5.41, 5.74) is 3.76. The van der Waals surface area contributed by atoms with Crippen molar-refractivity contribution in [1.82, 2.24) is 5.32 Å². The number of rotatable bonds is 3. The van der Waals surface area contributed by atoms with Crippen LogP contribution in [0.25, 0.3) is 0 Å². The lowest BCUT2D eigenvalue weighted by atomic mass is 9.97. The molecular weight excluding hydrogens is 328 g/mol. The summed E-state index contributed by atoms with van der Waals surface area (Å²) in [5, 5.41) is 2.33. The molecule has 4 rings (SSSR count). The highest BCUT2D eigenvalue weighted by Gasteiger charge is 2.31. The molecule has 2 aromatic carbocycles. The fourth-order valence-electron chi connectivity index (χ4n) is 3.81. The van der Waals surface area contributed by atoms with E-state index < -0.39 is 0 Å². The van der Waals surface area contributed by atoms with E-state index in [1.54, 1.807) is 12.1 Å². The molecule has 0 aromatic heterocycles. The minimum absolute atomic E-state index is 0.0119. The van der Waals surface area contributed by atoms with Gasteiger partial charge in [0.1, 0.15) is 0 Å². The molecule has 2 aliphatic rings. The molecule has 2 unspecified atom stereocenters. The Bertz CT molecular complexity index is 888. The second-order valence-electron chi connectivity index (χ2n) is 7.09. The maximum Gasteiger partial charge on any atom is 0.258 e. The Hall–Kier alpha value is -2.95. The molecule has 2 heterocycles. The first-order chi connectivity index (χ1) is 12.5. The van der Waals surface area contributed by atoms with Crippen LogP contribution >= 0.6 is 0 Å². The molecule has 0 aliphatic carbocycles. The fraction of sp³-hybridized carbons (Fsp3) is 0.286. The van der Waals surface area contributed by atoms with Gasteiger partial charge in [0.2, 0.25) is 11.8 Å². The third kappa shape index (κ3) is 2.90. The minimum atomic E-state index is -0.310. The average molecular weight is 348 g/mol. The molecule has 26 heavy (non-hydrogen) atoms. The van der Waals surface area contributed by atoms with Gasteiger partial charge in [-0.25, -0.2) is 0 Å². The van der Waals surface area contributed by atoms with Crippen molar-refractivity contribution in [3.63, 3.8) is 0 Å². The smallest absolute Gasteiger partial charge is 0.258 e. The van der Waals surface area contributed by atoms with E-state index in [9.17, 15) is 14.4 Å². The molecule has 2 aliphatic heterocycles. The van der Waals surface area contributed by atoms with Crippen molar-refractivity contribution >= 4 is 23.4 Å². The van der Waals surface area contributed by atoms with Crippen molar-refractivity contribution in [2.75, 3.05) is 11.4 Å². The zero-order valence-corrected chi connectivity index (χ0v) is 14.6. The van der Waals surface area contributed by atoms with E-state index in [0.29, 0.717) is 24.4 Å². The van der Waals surface area contributed by atoms with Crippen LogP contribution in [0, 0.1) is 5.92 Å².